The maximum absolute atomic E-state index is 13.1. The Balaban J connectivity index is 1.48. The summed E-state index contributed by atoms with van der Waals surface area (Å²) in [7, 11) is 5.48. The van der Waals surface area contributed by atoms with Gasteiger partial charge < -0.3 is 34.2 Å². The number of carbonyl (C=O) groups excluding carboxylic acids is 1. The summed E-state index contributed by atoms with van der Waals surface area (Å²) in [5.41, 5.74) is 2.69. The molecule has 1 aliphatic heterocycles. The van der Waals surface area contributed by atoms with Crippen molar-refractivity contribution in [2.75, 3.05) is 52.0 Å². The molecule has 11 heteroatoms. The Morgan fingerprint density at radius 2 is 1.85 bits per heavy atom. The molecule has 4 rings (SSSR count). The number of hydrogen-bond acceptors (Lipinski definition) is 9. The van der Waals surface area contributed by atoms with Crippen molar-refractivity contribution in [1.29, 1.82) is 0 Å². The molecule has 0 unspecified atom stereocenters. The van der Waals surface area contributed by atoms with Gasteiger partial charge in [0.15, 0.2) is 11.4 Å². The van der Waals surface area contributed by atoms with E-state index in [2.05, 4.69) is 50.7 Å². The number of aryl methyl sites for hydroxylation is 2. The van der Waals surface area contributed by atoms with E-state index in [1.165, 1.54) is 37.4 Å². The van der Waals surface area contributed by atoms with Gasteiger partial charge in [-0.1, -0.05) is 36.8 Å². The summed E-state index contributed by atoms with van der Waals surface area (Å²) >= 11 is 0. The smallest absolute Gasteiger partial charge is 0.291 e. The minimum absolute atomic E-state index is 0.0744. The Hall–Kier alpha value is -3.57. The lowest BCUT2D eigenvalue weighted by Crippen LogP contribution is -2.46. The van der Waals surface area contributed by atoms with Crippen molar-refractivity contribution in [2.45, 2.75) is 45.3 Å². The van der Waals surface area contributed by atoms with E-state index in [0.717, 1.165) is 30.7 Å². The zero-order chi connectivity index (χ0) is 28.2. The molecule has 0 saturated heterocycles. The molecule has 0 atom stereocenters. The van der Waals surface area contributed by atoms with Crippen LogP contribution in [0.2, 0.25) is 19.1 Å². The highest BCUT2D eigenvalue weighted by Crippen LogP contribution is 2.34. The van der Waals surface area contributed by atoms with Crippen LogP contribution in [0.5, 0.6) is 23.5 Å². The van der Waals surface area contributed by atoms with Gasteiger partial charge in [0, 0.05) is 12.6 Å². The molecule has 1 amide bonds. The molecule has 10 nitrogen and oxygen atoms in total. The second-order valence-corrected chi connectivity index (χ2v) is 15.5. The number of aromatic nitrogens is 2. The number of furan rings is 1. The van der Waals surface area contributed by atoms with E-state index in [0.29, 0.717) is 12.5 Å². The van der Waals surface area contributed by atoms with Crippen LogP contribution in [0.3, 0.4) is 0 Å². The van der Waals surface area contributed by atoms with E-state index in [-0.39, 0.29) is 29.2 Å². The zero-order valence-corrected chi connectivity index (χ0v) is 24.9. The molecule has 2 N–H and O–H groups in total. The number of methoxy groups -OCH3 is 2. The van der Waals surface area contributed by atoms with E-state index in [4.69, 9.17) is 18.6 Å². The van der Waals surface area contributed by atoms with Gasteiger partial charge in [0.25, 0.3) is 11.9 Å². The summed E-state index contributed by atoms with van der Waals surface area (Å²) in [5.74, 6) is 1.25. The molecule has 0 aliphatic carbocycles. The van der Waals surface area contributed by atoms with Crippen LogP contribution in [-0.4, -0.2) is 70.3 Å². The average Bonchev–Trinajstić information content (AvgIpc) is 3.36. The van der Waals surface area contributed by atoms with Gasteiger partial charge in [-0.25, -0.2) is 0 Å². The van der Waals surface area contributed by atoms with Crippen molar-refractivity contribution in [1.82, 2.24) is 14.9 Å². The van der Waals surface area contributed by atoms with Crippen LogP contribution in [0, 0.1) is 6.92 Å². The van der Waals surface area contributed by atoms with Crippen molar-refractivity contribution in [3.05, 3.63) is 41.2 Å². The summed E-state index contributed by atoms with van der Waals surface area (Å²) in [4.78, 5) is 23.9. The van der Waals surface area contributed by atoms with E-state index < -0.39 is 14.0 Å². The number of ether oxygens (including phenoxy) is 3. The molecule has 3 aromatic rings. The summed E-state index contributed by atoms with van der Waals surface area (Å²) in [5, 5.41) is 7.36. The second kappa shape index (κ2) is 12.1. The van der Waals surface area contributed by atoms with Gasteiger partial charge in [-0.3, -0.25) is 4.79 Å². The Kier molecular flexibility index (Phi) is 8.81. The molecule has 0 radical (unpaired) electrons. The Morgan fingerprint density at radius 1 is 1.13 bits per heavy atom. The van der Waals surface area contributed by atoms with Crippen molar-refractivity contribution in [2.24, 2.45) is 0 Å². The molecule has 1 aliphatic rings. The van der Waals surface area contributed by atoms with Crippen LogP contribution in [0.15, 0.2) is 28.7 Å². The molecule has 39 heavy (non-hydrogen) atoms. The van der Waals surface area contributed by atoms with Crippen molar-refractivity contribution in [3.8, 4) is 23.5 Å². The largest absolute Gasteiger partial charge is 0.479 e. The molecular weight excluding hydrogens is 514 g/mol. The summed E-state index contributed by atoms with van der Waals surface area (Å²) in [6.07, 6.45) is 3.27. The van der Waals surface area contributed by atoms with Gasteiger partial charge >= 0.3 is 0 Å². The monoisotopic (exact) mass is 553 g/mol. The first-order valence-corrected chi connectivity index (χ1v) is 16.4. The molecule has 2 aromatic heterocycles. The number of carbonyl (C=O) groups is 1. The van der Waals surface area contributed by atoms with E-state index in [1.54, 1.807) is 12.1 Å². The first kappa shape index (κ1) is 28.4. The molecule has 0 spiro atoms. The number of nitrogens with zero attached hydrogens (tertiary/aromatic N) is 3. The first-order valence-electron chi connectivity index (χ1n) is 13.2. The Morgan fingerprint density at radius 3 is 2.51 bits per heavy atom. The van der Waals surface area contributed by atoms with Gasteiger partial charge in [-0.2, -0.15) is 9.97 Å². The highest BCUT2D eigenvalue weighted by molar-refractivity contribution is 6.90. The fourth-order valence-corrected chi connectivity index (χ4v) is 7.75. The van der Waals surface area contributed by atoms with Gasteiger partial charge in [0.1, 0.15) is 5.75 Å². The number of fused-ring (bicyclic) bond motifs is 1. The average molecular weight is 554 g/mol. The number of amides is 1. The third-order valence-corrected chi connectivity index (χ3v) is 10.5. The van der Waals surface area contributed by atoms with Crippen LogP contribution in [-0.2, 0) is 6.42 Å². The molecule has 210 valence electrons. The summed E-state index contributed by atoms with van der Waals surface area (Å²) < 4.78 is 22.7. The molecule has 3 heterocycles. The van der Waals surface area contributed by atoms with E-state index in [1.807, 2.05) is 21.0 Å². The van der Waals surface area contributed by atoms with Crippen molar-refractivity contribution >= 4 is 30.8 Å². The lowest BCUT2D eigenvalue weighted by atomic mass is 10.1. The first-order chi connectivity index (χ1) is 18.6. The predicted molar refractivity (Wildman–Crippen MR) is 155 cm³/mol. The van der Waals surface area contributed by atoms with Gasteiger partial charge in [-0.05, 0) is 63.7 Å². The highest BCUT2D eigenvalue weighted by atomic mass is 28.3. The molecule has 0 fully saturated rings. The molecular formula is C28H39N5O5Si. The lowest BCUT2D eigenvalue weighted by Gasteiger charge is -2.31. The third-order valence-electron chi connectivity index (χ3n) is 6.93. The Labute approximate surface area is 231 Å². The number of nitrogens with one attached hydrogen (secondary N) is 2. The quantitative estimate of drug-likeness (QED) is 0.259. The van der Waals surface area contributed by atoms with Crippen LogP contribution in [0.4, 0.5) is 11.6 Å². The van der Waals surface area contributed by atoms with Crippen LogP contribution < -0.4 is 30.0 Å². The minimum Gasteiger partial charge on any atom is -0.479 e. The topological polar surface area (TPSA) is 111 Å². The highest BCUT2D eigenvalue weighted by Gasteiger charge is 2.30. The lowest BCUT2D eigenvalue weighted by molar-refractivity contribution is 0.0990. The number of rotatable bonds is 11. The van der Waals surface area contributed by atoms with Crippen molar-refractivity contribution in [3.63, 3.8) is 0 Å². The van der Waals surface area contributed by atoms with Crippen LogP contribution >= 0.6 is 0 Å². The predicted octanol–water partition coefficient (Wildman–Crippen LogP) is 4.67. The summed E-state index contributed by atoms with van der Waals surface area (Å²) in [6.45, 7) is 8.44. The maximum atomic E-state index is 13.1. The fraction of sp³-hybridized carbons (Fsp3) is 0.464. The van der Waals surface area contributed by atoms with Gasteiger partial charge in [-0.15, -0.1) is 0 Å². The number of anilines is 2. The molecule has 1 aromatic carbocycles. The minimum atomic E-state index is -1.49. The van der Waals surface area contributed by atoms with Crippen molar-refractivity contribution < 1.29 is 23.4 Å². The van der Waals surface area contributed by atoms with Crippen LogP contribution in [0.1, 0.15) is 34.5 Å². The molecule has 0 bridgehead atoms. The fourth-order valence-electron chi connectivity index (χ4n) is 4.83. The SMILES string of the molecule is COc1nc(NCCCN(C)C)nc(OC)c1NC(=O)c1ccc(Oc2cc3c(cc2C)CCC[Si]3(C)C)o1. The van der Waals surface area contributed by atoms with Gasteiger partial charge in [0.2, 0.25) is 17.7 Å². The summed E-state index contributed by atoms with van der Waals surface area (Å²) in [6, 6.07) is 8.88. The normalized spacial score (nSPS) is 14.1. The standard InChI is InChI=1S/C28H39N5O5Si/c1-18-16-19-10-8-15-39(6,7)22(19)17-21(18)38-23-12-11-20(37-23)25(34)30-24-26(35-4)31-28(32-27(24)36-5)29-13-9-14-33(2)3/h11-12,16-17H,8-10,13-15H2,1-7H3,(H,30,34)(H,29,31,32). The third kappa shape index (κ3) is 6.71. The van der Waals surface area contributed by atoms with E-state index >= 15 is 0 Å². The van der Waals surface area contributed by atoms with E-state index in [9.17, 15) is 4.79 Å². The molecule has 0 saturated carbocycles. The maximum Gasteiger partial charge on any atom is 0.291 e. The number of benzene rings is 1. The second-order valence-electron chi connectivity index (χ2n) is 10.7. The Bertz CT molecular complexity index is 1300. The number of hydrogen-bond donors (Lipinski definition) is 2. The van der Waals surface area contributed by atoms with Gasteiger partial charge in [0.05, 0.1) is 22.3 Å². The zero-order valence-electron chi connectivity index (χ0n) is 23.9. The van der Waals surface area contributed by atoms with Crippen LogP contribution in [0.25, 0.3) is 0 Å².